The second-order valence-electron chi connectivity index (χ2n) is 6.58. The van der Waals surface area contributed by atoms with Gasteiger partial charge >= 0.3 is 0 Å². The van der Waals surface area contributed by atoms with E-state index < -0.39 is 11.9 Å². The summed E-state index contributed by atoms with van der Waals surface area (Å²) in [6.45, 7) is 0.661. The quantitative estimate of drug-likeness (QED) is 0.809. The number of hydrogen-bond acceptors (Lipinski definition) is 7. The zero-order valence-electron chi connectivity index (χ0n) is 15.3. The van der Waals surface area contributed by atoms with Crippen LogP contribution in [0.5, 0.6) is 0 Å². The molecule has 2 aromatic rings. The summed E-state index contributed by atoms with van der Waals surface area (Å²) in [7, 11) is 1.55. The van der Waals surface area contributed by atoms with Gasteiger partial charge in [-0.2, -0.15) is 0 Å². The molecule has 1 saturated heterocycles. The third-order valence-corrected chi connectivity index (χ3v) is 5.58. The van der Waals surface area contributed by atoms with Gasteiger partial charge in [-0.25, -0.2) is 0 Å². The third-order valence-electron chi connectivity index (χ3n) is 4.77. The second-order valence-corrected chi connectivity index (χ2v) is 7.64. The molecule has 9 nitrogen and oxygen atoms in total. The summed E-state index contributed by atoms with van der Waals surface area (Å²) in [6.07, 6.45) is 1.38. The molecule has 4 rings (SSSR count). The Hall–Kier alpha value is -2.85. The van der Waals surface area contributed by atoms with Crippen molar-refractivity contribution in [3.8, 4) is 0 Å². The number of anilines is 2. The van der Waals surface area contributed by atoms with E-state index in [1.165, 1.54) is 16.2 Å². The van der Waals surface area contributed by atoms with Crippen molar-refractivity contribution in [3.05, 3.63) is 34.8 Å². The Morgan fingerprint density at radius 1 is 1.32 bits per heavy atom. The van der Waals surface area contributed by atoms with Crippen molar-refractivity contribution in [2.75, 3.05) is 30.4 Å². The summed E-state index contributed by atoms with van der Waals surface area (Å²) in [5.74, 6) is -0.798. The molecule has 0 aliphatic carbocycles. The van der Waals surface area contributed by atoms with Crippen LogP contribution >= 0.6 is 11.3 Å². The number of rotatable bonds is 5. The minimum absolute atomic E-state index is 0.164. The maximum absolute atomic E-state index is 13.1. The van der Waals surface area contributed by atoms with Gasteiger partial charge in [0.1, 0.15) is 24.2 Å². The zero-order chi connectivity index (χ0) is 19.7. The lowest BCUT2D eigenvalue weighted by molar-refractivity contribution is -0.124. The van der Waals surface area contributed by atoms with Crippen LogP contribution in [-0.4, -0.2) is 59.1 Å². The molecule has 1 unspecified atom stereocenters. The second kappa shape index (κ2) is 7.64. The first-order valence-electron chi connectivity index (χ1n) is 8.91. The Labute approximate surface area is 165 Å². The van der Waals surface area contributed by atoms with Gasteiger partial charge in [0.15, 0.2) is 0 Å². The number of aromatic nitrogens is 2. The fourth-order valence-electron chi connectivity index (χ4n) is 3.56. The van der Waals surface area contributed by atoms with E-state index in [0.717, 1.165) is 6.42 Å². The van der Waals surface area contributed by atoms with Crippen LogP contribution in [0.3, 0.4) is 0 Å². The summed E-state index contributed by atoms with van der Waals surface area (Å²) in [6, 6.07) is 6.37. The van der Waals surface area contributed by atoms with Crippen LogP contribution in [0.15, 0.2) is 24.3 Å². The van der Waals surface area contributed by atoms with E-state index in [-0.39, 0.29) is 18.4 Å². The van der Waals surface area contributed by atoms with E-state index in [9.17, 15) is 14.4 Å². The molecule has 28 heavy (non-hydrogen) atoms. The van der Waals surface area contributed by atoms with Gasteiger partial charge in [0.2, 0.25) is 16.9 Å². The number of para-hydroxylation sites is 1. The molecule has 1 aromatic carbocycles. The van der Waals surface area contributed by atoms with Gasteiger partial charge in [-0.1, -0.05) is 23.5 Å². The summed E-state index contributed by atoms with van der Waals surface area (Å²) >= 11 is 1.21. The van der Waals surface area contributed by atoms with Gasteiger partial charge in [-0.3, -0.25) is 19.7 Å². The number of methoxy groups -OCH3 is 1. The lowest BCUT2D eigenvalue weighted by Crippen LogP contribution is -2.47. The summed E-state index contributed by atoms with van der Waals surface area (Å²) in [4.78, 5) is 41.6. The molecule has 1 fully saturated rings. The van der Waals surface area contributed by atoms with Crippen molar-refractivity contribution in [3.63, 3.8) is 0 Å². The predicted octanol–water partition coefficient (Wildman–Crippen LogP) is 1.27. The molecule has 0 bridgehead atoms. The third kappa shape index (κ3) is 3.36. The van der Waals surface area contributed by atoms with Crippen molar-refractivity contribution in [2.45, 2.75) is 25.5 Å². The standard InChI is InChI=1S/C18H19N5O4S/c1-27-10-15-20-21-18(28-15)19-14(24)9-23-12-6-3-2-5-11(12)16(25)22-8-4-7-13(22)17(23)26/h2-3,5-6,13H,4,7-10H2,1H3,(H,19,21,24). The Kier molecular flexibility index (Phi) is 5.05. The number of benzene rings is 1. The van der Waals surface area contributed by atoms with E-state index in [0.29, 0.717) is 41.0 Å². The Balaban J connectivity index is 1.58. The number of fused-ring (bicyclic) bond motifs is 2. The van der Waals surface area contributed by atoms with E-state index in [1.54, 1.807) is 36.3 Å². The highest BCUT2D eigenvalue weighted by Gasteiger charge is 2.42. The molecule has 1 N–H and O–H groups in total. The monoisotopic (exact) mass is 401 g/mol. The number of amides is 3. The predicted molar refractivity (Wildman–Crippen MR) is 102 cm³/mol. The number of carbonyl (C=O) groups is 3. The maximum Gasteiger partial charge on any atom is 0.256 e. The zero-order valence-corrected chi connectivity index (χ0v) is 16.1. The Morgan fingerprint density at radius 2 is 2.14 bits per heavy atom. The lowest BCUT2D eigenvalue weighted by Gasteiger charge is -2.25. The molecule has 0 saturated carbocycles. The van der Waals surface area contributed by atoms with E-state index >= 15 is 0 Å². The van der Waals surface area contributed by atoms with Gasteiger partial charge in [-0.15, -0.1) is 10.2 Å². The van der Waals surface area contributed by atoms with Gasteiger partial charge in [0, 0.05) is 13.7 Å². The smallest absolute Gasteiger partial charge is 0.256 e. The molecule has 0 radical (unpaired) electrons. The van der Waals surface area contributed by atoms with Crippen molar-refractivity contribution in [1.29, 1.82) is 0 Å². The van der Waals surface area contributed by atoms with Crippen molar-refractivity contribution >= 4 is 39.9 Å². The van der Waals surface area contributed by atoms with E-state index in [1.807, 2.05) is 0 Å². The van der Waals surface area contributed by atoms with Crippen LogP contribution < -0.4 is 10.2 Å². The molecule has 10 heteroatoms. The Morgan fingerprint density at radius 3 is 2.96 bits per heavy atom. The minimum Gasteiger partial charge on any atom is -0.377 e. The molecule has 2 aliphatic heterocycles. The normalized spacial score (nSPS) is 18.7. The Bertz CT molecular complexity index is 930. The number of hydrogen-bond donors (Lipinski definition) is 1. The molecule has 1 atom stereocenters. The van der Waals surface area contributed by atoms with E-state index in [4.69, 9.17) is 4.74 Å². The van der Waals surface area contributed by atoms with Crippen LogP contribution in [0.1, 0.15) is 28.2 Å². The molecule has 0 spiro atoms. The first-order valence-corrected chi connectivity index (χ1v) is 9.72. The first kappa shape index (κ1) is 18.5. The molecule has 3 heterocycles. The SMILES string of the molecule is COCc1nnc(NC(=O)CN2C(=O)C3CCCN3C(=O)c3ccccc32)s1. The van der Waals surface area contributed by atoms with Gasteiger partial charge in [-0.05, 0) is 25.0 Å². The average Bonchev–Trinajstić information content (AvgIpc) is 3.33. The number of nitrogens with one attached hydrogen (secondary N) is 1. The topological polar surface area (TPSA) is 105 Å². The van der Waals surface area contributed by atoms with Crippen molar-refractivity contribution < 1.29 is 19.1 Å². The molecule has 1 aromatic heterocycles. The van der Waals surface area contributed by atoms with Crippen LogP contribution in [0, 0.1) is 0 Å². The van der Waals surface area contributed by atoms with E-state index in [2.05, 4.69) is 15.5 Å². The highest BCUT2D eigenvalue weighted by Crippen LogP contribution is 2.32. The summed E-state index contributed by atoms with van der Waals surface area (Å²) in [5, 5.41) is 11.5. The highest BCUT2D eigenvalue weighted by molar-refractivity contribution is 7.15. The number of carbonyl (C=O) groups excluding carboxylic acids is 3. The minimum atomic E-state index is -0.525. The first-order chi connectivity index (χ1) is 13.6. The maximum atomic E-state index is 13.1. The largest absolute Gasteiger partial charge is 0.377 e. The average molecular weight is 401 g/mol. The van der Waals surface area contributed by atoms with Gasteiger partial charge < -0.3 is 14.5 Å². The summed E-state index contributed by atoms with van der Waals surface area (Å²) in [5.41, 5.74) is 0.894. The molecular weight excluding hydrogens is 382 g/mol. The van der Waals surface area contributed by atoms with Crippen LogP contribution in [-0.2, 0) is 20.9 Å². The molecule has 3 amide bonds. The number of ether oxygens (including phenoxy) is 1. The fourth-order valence-corrected chi connectivity index (χ4v) is 4.29. The molecule has 146 valence electrons. The highest BCUT2D eigenvalue weighted by atomic mass is 32.1. The van der Waals surface area contributed by atoms with Crippen molar-refractivity contribution in [1.82, 2.24) is 15.1 Å². The summed E-state index contributed by atoms with van der Waals surface area (Å²) < 4.78 is 4.99. The van der Waals surface area contributed by atoms with Crippen LogP contribution in [0.2, 0.25) is 0 Å². The van der Waals surface area contributed by atoms with Gasteiger partial charge in [0.05, 0.1) is 11.3 Å². The van der Waals surface area contributed by atoms with Crippen LogP contribution in [0.25, 0.3) is 0 Å². The molecular formula is C18H19N5O4S. The lowest BCUT2D eigenvalue weighted by atomic mass is 10.1. The van der Waals surface area contributed by atoms with Crippen molar-refractivity contribution in [2.24, 2.45) is 0 Å². The molecule has 2 aliphatic rings. The fraction of sp³-hybridized carbons (Fsp3) is 0.389. The van der Waals surface area contributed by atoms with Gasteiger partial charge in [0.25, 0.3) is 5.91 Å². The van der Waals surface area contributed by atoms with Crippen LogP contribution in [0.4, 0.5) is 10.8 Å². The number of nitrogens with zero attached hydrogens (tertiary/aromatic N) is 4.